The zero-order valence-electron chi connectivity index (χ0n) is 14.0. The van der Waals surface area contributed by atoms with E-state index in [1.807, 2.05) is 0 Å². The smallest absolute Gasteiger partial charge is 0.276 e. The van der Waals surface area contributed by atoms with Gasteiger partial charge in [0.1, 0.15) is 11.6 Å². The first-order valence-corrected chi connectivity index (χ1v) is 8.60. The maximum atomic E-state index is 13.0. The van der Waals surface area contributed by atoms with Crippen LogP contribution in [0, 0.1) is 17.7 Å². The largest absolute Gasteiger partial charge is 0.484 e. The van der Waals surface area contributed by atoms with Gasteiger partial charge in [-0.2, -0.15) is 0 Å². The Bertz CT molecular complexity index is 585. The van der Waals surface area contributed by atoms with Gasteiger partial charge in [0, 0.05) is 12.1 Å². The molecule has 0 aromatic heterocycles. The second kappa shape index (κ2) is 8.82. The third-order valence-corrected chi connectivity index (χ3v) is 4.72. The summed E-state index contributed by atoms with van der Waals surface area (Å²) in [5.41, 5.74) is 5.15. The molecular weight excluding hydrogens is 329 g/mol. The average Bonchev–Trinajstić information content (AvgIpc) is 2.55. The van der Waals surface area contributed by atoms with Crippen LogP contribution in [0.4, 0.5) is 4.39 Å². The molecule has 3 N–H and O–H groups in total. The monoisotopic (exact) mass is 353 g/mol. The molecule has 0 heterocycles. The Morgan fingerprint density at radius 1 is 1.33 bits per heavy atom. The highest BCUT2D eigenvalue weighted by Crippen LogP contribution is 2.29. The van der Waals surface area contributed by atoms with E-state index < -0.39 is 11.7 Å². The molecule has 1 amide bonds. The molecule has 132 valence electrons. The number of hydrogen-bond acceptors (Lipinski definition) is 3. The minimum absolute atomic E-state index is 0.226. The quantitative estimate of drug-likeness (QED) is 0.574. The number of ether oxygens (including phenoxy) is 1. The summed E-state index contributed by atoms with van der Waals surface area (Å²) in [6, 6.07) is 5.95. The van der Waals surface area contributed by atoms with Crippen molar-refractivity contribution in [1.29, 1.82) is 0 Å². The van der Waals surface area contributed by atoms with Crippen LogP contribution in [0.1, 0.15) is 33.1 Å². The minimum atomic E-state index is -0.410. The maximum absolute atomic E-state index is 13.0. The van der Waals surface area contributed by atoms with E-state index in [2.05, 4.69) is 30.0 Å². The first kappa shape index (κ1) is 18.4. The van der Waals surface area contributed by atoms with E-state index in [9.17, 15) is 9.18 Å². The van der Waals surface area contributed by atoms with Crippen molar-refractivity contribution < 1.29 is 13.9 Å². The zero-order valence-corrected chi connectivity index (χ0v) is 14.8. The summed E-state index contributed by atoms with van der Waals surface area (Å²) >= 11 is 5.21. The molecule has 0 bridgehead atoms. The van der Waals surface area contributed by atoms with Gasteiger partial charge in [-0.05, 0) is 42.6 Å². The lowest BCUT2D eigenvalue weighted by Crippen LogP contribution is -2.53. The molecule has 0 saturated heterocycles. The van der Waals surface area contributed by atoms with Crippen molar-refractivity contribution in [1.82, 2.24) is 16.2 Å². The molecule has 1 aliphatic rings. The SMILES string of the molecule is C[C@H]1[C@@H](NC(=S)NNC(=O)COc2cccc(F)c2)CCC[C@@H]1C. The number of hydrogen-bond donors (Lipinski definition) is 3. The van der Waals surface area contributed by atoms with Gasteiger partial charge in [-0.3, -0.25) is 15.6 Å². The van der Waals surface area contributed by atoms with Crippen LogP contribution in [0.2, 0.25) is 0 Å². The molecule has 7 heteroatoms. The summed E-state index contributed by atoms with van der Waals surface area (Å²) in [6.45, 7) is 4.24. The lowest BCUT2D eigenvalue weighted by molar-refractivity contribution is -0.123. The average molecular weight is 353 g/mol. The van der Waals surface area contributed by atoms with E-state index in [0.29, 0.717) is 28.7 Å². The molecule has 0 spiro atoms. The highest BCUT2D eigenvalue weighted by atomic mass is 32.1. The fourth-order valence-electron chi connectivity index (χ4n) is 2.86. The maximum Gasteiger partial charge on any atom is 0.276 e. The van der Waals surface area contributed by atoms with Gasteiger partial charge >= 0.3 is 0 Å². The Balaban J connectivity index is 1.68. The van der Waals surface area contributed by atoms with E-state index in [1.54, 1.807) is 6.07 Å². The predicted molar refractivity (Wildman–Crippen MR) is 94.9 cm³/mol. The summed E-state index contributed by atoms with van der Waals surface area (Å²) < 4.78 is 18.2. The fourth-order valence-corrected chi connectivity index (χ4v) is 3.06. The zero-order chi connectivity index (χ0) is 17.5. The molecule has 0 radical (unpaired) electrons. The summed E-state index contributed by atoms with van der Waals surface area (Å²) in [5.74, 6) is 0.690. The third-order valence-electron chi connectivity index (χ3n) is 4.50. The number of halogens is 1. The number of amides is 1. The lowest BCUT2D eigenvalue weighted by Gasteiger charge is -2.35. The summed E-state index contributed by atoms with van der Waals surface area (Å²) in [4.78, 5) is 11.7. The molecule has 2 rings (SSSR count). The Kier molecular flexibility index (Phi) is 6.78. The summed E-state index contributed by atoms with van der Waals surface area (Å²) in [6.07, 6.45) is 3.50. The predicted octanol–water partition coefficient (Wildman–Crippen LogP) is 2.52. The molecule has 1 fully saturated rings. The van der Waals surface area contributed by atoms with Gasteiger partial charge in [0.15, 0.2) is 11.7 Å². The minimum Gasteiger partial charge on any atom is -0.484 e. The van der Waals surface area contributed by atoms with E-state index in [0.717, 1.165) is 6.42 Å². The van der Waals surface area contributed by atoms with Crippen LogP contribution in [-0.2, 0) is 4.79 Å². The molecule has 1 aromatic carbocycles. The molecule has 24 heavy (non-hydrogen) atoms. The van der Waals surface area contributed by atoms with Gasteiger partial charge in [0.05, 0.1) is 0 Å². The first-order valence-electron chi connectivity index (χ1n) is 8.19. The van der Waals surface area contributed by atoms with Crippen molar-refractivity contribution in [2.75, 3.05) is 6.61 Å². The molecule has 3 atom stereocenters. The molecule has 1 saturated carbocycles. The van der Waals surface area contributed by atoms with Gasteiger partial charge in [0.2, 0.25) is 0 Å². The number of carbonyl (C=O) groups is 1. The van der Waals surface area contributed by atoms with E-state index in [1.165, 1.54) is 31.0 Å². The van der Waals surface area contributed by atoms with Gasteiger partial charge in [0.25, 0.3) is 5.91 Å². The van der Waals surface area contributed by atoms with Crippen LogP contribution in [0.5, 0.6) is 5.75 Å². The van der Waals surface area contributed by atoms with Crippen LogP contribution in [0.25, 0.3) is 0 Å². The topological polar surface area (TPSA) is 62.4 Å². The van der Waals surface area contributed by atoms with E-state index >= 15 is 0 Å². The highest BCUT2D eigenvalue weighted by molar-refractivity contribution is 7.80. The van der Waals surface area contributed by atoms with E-state index in [-0.39, 0.29) is 6.61 Å². The Morgan fingerprint density at radius 3 is 2.88 bits per heavy atom. The normalized spacial score (nSPS) is 23.2. The van der Waals surface area contributed by atoms with Crippen LogP contribution < -0.4 is 20.9 Å². The van der Waals surface area contributed by atoms with Crippen molar-refractivity contribution >= 4 is 23.2 Å². The molecule has 0 unspecified atom stereocenters. The van der Waals surface area contributed by atoms with Gasteiger partial charge in [-0.1, -0.05) is 32.8 Å². The number of benzene rings is 1. The first-order chi connectivity index (χ1) is 11.5. The van der Waals surface area contributed by atoms with Crippen molar-refractivity contribution in [2.45, 2.75) is 39.2 Å². The number of hydrazine groups is 1. The highest BCUT2D eigenvalue weighted by Gasteiger charge is 2.27. The summed E-state index contributed by atoms with van der Waals surface area (Å²) in [7, 11) is 0. The van der Waals surface area contributed by atoms with Crippen LogP contribution in [0.15, 0.2) is 24.3 Å². The molecule has 1 aliphatic carbocycles. The van der Waals surface area contributed by atoms with Crippen LogP contribution >= 0.6 is 12.2 Å². The second-order valence-corrected chi connectivity index (χ2v) is 6.67. The summed E-state index contributed by atoms with van der Waals surface area (Å²) in [5, 5.41) is 3.64. The molecule has 1 aromatic rings. The van der Waals surface area contributed by atoms with Crippen molar-refractivity contribution in [3.63, 3.8) is 0 Å². The van der Waals surface area contributed by atoms with Gasteiger partial charge in [-0.15, -0.1) is 0 Å². The van der Waals surface area contributed by atoms with Crippen molar-refractivity contribution in [2.24, 2.45) is 11.8 Å². The standard InChI is InChI=1S/C17H24FN3O2S/c1-11-5-3-8-15(12(11)2)19-17(24)21-20-16(22)10-23-14-7-4-6-13(18)9-14/h4,6-7,9,11-12,15H,3,5,8,10H2,1-2H3,(H,20,22)(H2,19,21,24)/t11-,12+,15-/m0/s1. The fraction of sp³-hybridized carbons (Fsp3) is 0.529. The third kappa shape index (κ3) is 5.63. The van der Waals surface area contributed by atoms with Gasteiger partial charge < -0.3 is 10.1 Å². The number of nitrogens with one attached hydrogen (secondary N) is 3. The van der Waals surface area contributed by atoms with Crippen LogP contribution in [-0.4, -0.2) is 23.7 Å². The number of rotatable bonds is 4. The van der Waals surface area contributed by atoms with Crippen LogP contribution in [0.3, 0.4) is 0 Å². The number of thiocarbonyl (C=S) groups is 1. The van der Waals surface area contributed by atoms with Crippen molar-refractivity contribution in [3.8, 4) is 5.75 Å². The Labute approximate surface area is 147 Å². The molecular formula is C17H24FN3O2S. The van der Waals surface area contributed by atoms with E-state index in [4.69, 9.17) is 17.0 Å². The molecule has 0 aliphatic heterocycles. The van der Waals surface area contributed by atoms with Gasteiger partial charge in [-0.25, -0.2) is 4.39 Å². The Hall–Kier alpha value is -1.89. The second-order valence-electron chi connectivity index (χ2n) is 6.27. The Morgan fingerprint density at radius 2 is 2.12 bits per heavy atom. The van der Waals surface area contributed by atoms with Crippen molar-refractivity contribution in [3.05, 3.63) is 30.1 Å². The number of carbonyl (C=O) groups excluding carboxylic acids is 1. The molecule has 5 nitrogen and oxygen atoms in total. The lowest BCUT2D eigenvalue weighted by atomic mass is 9.78.